The molecule has 1 aromatic carbocycles. The summed E-state index contributed by atoms with van der Waals surface area (Å²) in [6.45, 7) is 0.0344. The molecule has 3 N–H and O–H groups in total. The molecule has 1 heterocycles. The van der Waals surface area contributed by atoms with Crippen molar-refractivity contribution in [3.8, 4) is 0 Å². The number of hydrogen-bond acceptors (Lipinski definition) is 3. The van der Waals surface area contributed by atoms with Gasteiger partial charge in [0.15, 0.2) is 0 Å². The number of carbonyl (C=O) groups excluding carboxylic acids is 2. The van der Waals surface area contributed by atoms with Gasteiger partial charge in [0.1, 0.15) is 11.6 Å². The molecular weight excluding hydrogens is 232 g/mol. The van der Waals surface area contributed by atoms with Crippen LogP contribution in [0.1, 0.15) is 6.42 Å². The zero-order valence-corrected chi connectivity index (χ0v) is 8.67. The Hall–Kier alpha value is -2.18. The van der Waals surface area contributed by atoms with Crippen molar-refractivity contribution in [3.63, 3.8) is 0 Å². The number of imide groups is 1. The predicted molar refractivity (Wildman–Crippen MR) is 56.3 cm³/mol. The van der Waals surface area contributed by atoms with Crippen molar-refractivity contribution in [2.75, 3.05) is 17.2 Å². The molecule has 0 unspecified atom stereocenters. The van der Waals surface area contributed by atoms with Crippen LogP contribution in [0, 0.1) is 11.6 Å². The molecule has 0 bridgehead atoms. The van der Waals surface area contributed by atoms with Crippen LogP contribution in [-0.4, -0.2) is 18.5 Å². The van der Waals surface area contributed by atoms with E-state index < -0.39 is 23.6 Å². The largest absolute Gasteiger partial charge is 0.396 e. The van der Waals surface area contributed by atoms with Crippen molar-refractivity contribution in [2.24, 2.45) is 0 Å². The fraction of sp³-hybridized carbons (Fsp3) is 0.200. The van der Waals surface area contributed by atoms with E-state index in [9.17, 15) is 18.4 Å². The number of hydrogen-bond donors (Lipinski definition) is 2. The number of carbonyl (C=O) groups is 2. The van der Waals surface area contributed by atoms with Crippen molar-refractivity contribution in [1.29, 1.82) is 0 Å². The van der Waals surface area contributed by atoms with E-state index in [0.717, 1.165) is 11.0 Å². The zero-order valence-electron chi connectivity index (χ0n) is 8.67. The first-order valence-electron chi connectivity index (χ1n) is 4.85. The van der Waals surface area contributed by atoms with E-state index in [0.29, 0.717) is 6.07 Å². The summed E-state index contributed by atoms with van der Waals surface area (Å²) in [5.41, 5.74) is 4.90. The molecule has 0 aliphatic carbocycles. The fourth-order valence-corrected chi connectivity index (χ4v) is 1.55. The maximum atomic E-state index is 13.5. The molecular formula is C10H9F2N3O2. The second kappa shape index (κ2) is 4.00. The van der Waals surface area contributed by atoms with Crippen LogP contribution in [0.4, 0.5) is 25.0 Å². The van der Waals surface area contributed by atoms with Gasteiger partial charge >= 0.3 is 6.03 Å². The van der Waals surface area contributed by atoms with Crippen LogP contribution >= 0.6 is 0 Å². The molecule has 1 aliphatic rings. The van der Waals surface area contributed by atoms with E-state index in [1.54, 1.807) is 0 Å². The van der Waals surface area contributed by atoms with Crippen molar-refractivity contribution in [1.82, 2.24) is 5.32 Å². The monoisotopic (exact) mass is 241 g/mol. The van der Waals surface area contributed by atoms with Crippen LogP contribution in [-0.2, 0) is 4.79 Å². The molecule has 7 heteroatoms. The third-order valence-electron chi connectivity index (χ3n) is 2.41. The lowest BCUT2D eigenvalue weighted by Gasteiger charge is -2.27. The molecule has 2 rings (SSSR count). The van der Waals surface area contributed by atoms with E-state index in [1.807, 2.05) is 5.32 Å². The Kier molecular flexibility index (Phi) is 2.66. The molecule has 1 fully saturated rings. The lowest BCUT2D eigenvalue weighted by atomic mass is 10.2. The van der Waals surface area contributed by atoms with Crippen LogP contribution in [0.5, 0.6) is 0 Å². The molecule has 0 aromatic heterocycles. The quantitative estimate of drug-likeness (QED) is 0.720. The van der Waals surface area contributed by atoms with E-state index in [-0.39, 0.29) is 24.3 Å². The van der Waals surface area contributed by atoms with Gasteiger partial charge in [0.25, 0.3) is 0 Å². The standard InChI is InChI=1S/C10H9F2N3O2/c11-5-3-6(12)8(4-7(5)13)15-2-1-9(16)14-10(15)17/h3-4H,1-2,13H2,(H,14,16,17). The Bertz CT molecular complexity index is 505. The van der Waals surface area contributed by atoms with Gasteiger partial charge in [-0.15, -0.1) is 0 Å². The van der Waals surface area contributed by atoms with Gasteiger partial charge < -0.3 is 5.73 Å². The molecule has 1 aromatic rings. The summed E-state index contributed by atoms with van der Waals surface area (Å²) in [6, 6.07) is 0.889. The minimum absolute atomic E-state index is 0.0344. The highest BCUT2D eigenvalue weighted by atomic mass is 19.1. The second-order valence-electron chi connectivity index (χ2n) is 3.58. The van der Waals surface area contributed by atoms with Gasteiger partial charge in [0.2, 0.25) is 5.91 Å². The van der Waals surface area contributed by atoms with Crippen LogP contribution in [0.15, 0.2) is 12.1 Å². The number of benzene rings is 1. The third-order valence-corrected chi connectivity index (χ3v) is 2.41. The maximum Gasteiger partial charge on any atom is 0.328 e. The average Bonchev–Trinajstić information content (AvgIpc) is 2.24. The van der Waals surface area contributed by atoms with Gasteiger partial charge in [-0.05, 0) is 6.07 Å². The SMILES string of the molecule is Nc1cc(N2CCC(=O)NC2=O)c(F)cc1F. The van der Waals surface area contributed by atoms with Gasteiger partial charge in [0.05, 0.1) is 11.4 Å². The summed E-state index contributed by atoms with van der Waals surface area (Å²) in [6.07, 6.45) is 0.0580. The summed E-state index contributed by atoms with van der Waals surface area (Å²) in [5, 5.41) is 2.04. The Morgan fingerprint density at radius 2 is 1.94 bits per heavy atom. The molecule has 0 radical (unpaired) electrons. The second-order valence-corrected chi connectivity index (χ2v) is 3.58. The number of rotatable bonds is 1. The van der Waals surface area contributed by atoms with E-state index in [2.05, 4.69) is 0 Å². The van der Waals surface area contributed by atoms with Crippen molar-refractivity contribution in [2.45, 2.75) is 6.42 Å². The lowest BCUT2D eigenvalue weighted by molar-refractivity contribution is -0.120. The molecule has 0 saturated carbocycles. The van der Waals surface area contributed by atoms with E-state index in [1.165, 1.54) is 0 Å². The number of anilines is 2. The molecule has 5 nitrogen and oxygen atoms in total. The Balaban J connectivity index is 2.37. The number of amides is 3. The molecule has 17 heavy (non-hydrogen) atoms. The summed E-state index contributed by atoms with van der Waals surface area (Å²) in [4.78, 5) is 23.4. The number of urea groups is 1. The first-order valence-corrected chi connectivity index (χ1v) is 4.85. The van der Waals surface area contributed by atoms with Crippen LogP contribution in [0.2, 0.25) is 0 Å². The first-order chi connectivity index (χ1) is 7.99. The van der Waals surface area contributed by atoms with Crippen LogP contribution < -0.4 is 16.0 Å². The normalized spacial score (nSPS) is 16.0. The predicted octanol–water partition coefficient (Wildman–Crippen LogP) is 0.993. The molecule has 3 amide bonds. The van der Waals surface area contributed by atoms with Gasteiger partial charge in [-0.25, -0.2) is 13.6 Å². The average molecular weight is 241 g/mol. The van der Waals surface area contributed by atoms with Gasteiger partial charge in [-0.1, -0.05) is 0 Å². The number of nitrogens with two attached hydrogens (primary N) is 1. The minimum atomic E-state index is -0.902. The minimum Gasteiger partial charge on any atom is -0.396 e. The first kappa shape index (κ1) is 11.3. The van der Waals surface area contributed by atoms with Gasteiger partial charge in [-0.2, -0.15) is 0 Å². The Morgan fingerprint density at radius 1 is 1.24 bits per heavy atom. The van der Waals surface area contributed by atoms with Crippen LogP contribution in [0.25, 0.3) is 0 Å². The number of halogens is 2. The smallest absolute Gasteiger partial charge is 0.328 e. The van der Waals surface area contributed by atoms with E-state index in [4.69, 9.17) is 5.73 Å². The highest BCUT2D eigenvalue weighted by Gasteiger charge is 2.26. The summed E-state index contributed by atoms with van der Waals surface area (Å²) in [5.74, 6) is -2.22. The maximum absolute atomic E-state index is 13.5. The number of nitrogen functional groups attached to an aromatic ring is 1. The Morgan fingerprint density at radius 3 is 2.59 bits per heavy atom. The van der Waals surface area contributed by atoms with Crippen LogP contribution in [0.3, 0.4) is 0 Å². The fourth-order valence-electron chi connectivity index (χ4n) is 1.55. The third kappa shape index (κ3) is 2.03. The topological polar surface area (TPSA) is 75.4 Å². The molecule has 1 saturated heterocycles. The molecule has 0 spiro atoms. The number of nitrogens with one attached hydrogen (secondary N) is 1. The molecule has 0 atom stereocenters. The van der Waals surface area contributed by atoms with Gasteiger partial charge in [-0.3, -0.25) is 15.0 Å². The van der Waals surface area contributed by atoms with Gasteiger partial charge in [0, 0.05) is 19.0 Å². The highest BCUT2D eigenvalue weighted by molar-refractivity contribution is 6.05. The summed E-state index contributed by atoms with van der Waals surface area (Å²) < 4.78 is 26.4. The van der Waals surface area contributed by atoms with Crippen molar-refractivity contribution in [3.05, 3.63) is 23.8 Å². The van der Waals surface area contributed by atoms with E-state index >= 15 is 0 Å². The van der Waals surface area contributed by atoms with Crippen molar-refractivity contribution < 1.29 is 18.4 Å². The zero-order chi connectivity index (χ0) is 12.6. The summed E-state index contributed by atoms with van der Waals surface area (Å²) in [7, 11) is 0. The molecule has 1 aliphatic heterocycles. The summed E-state index contributed by atoms with van der Waals surface area (Å²) >= 11 is 0. The molecule has 90 valence electrons. The highest BCUT2D eigenvalue weighted by Crippen LogP contribution is 2.25. The lowest BCUT2D eigenvalue weighted by Crippen LogP contribution is -2.49. The van der Waals surface area contributed by atoms with Crippen molar-refractivity contribution >= 4 is 23.3 Å². The Labute approximate surface area is 95.2 Å². The number of nitrogens with zero attached hydrogens (tertiary/aromatic N) is 1.